The van der Waals surface area contributed by atoms with Crippen molar-refractivity contribution in [1.82, 2.24) is 5.32 Å². The van der Waals surface area contributed by atoms with Gasteiger partial charge < -0.3 is 5.11 Å². The topological polar surface area (TPSA) is 73.1 Å². The van der Waals surface area contributed by atoms with Crippen molar-refractivity contribution in [2.45, 2.75) is 12.5 Å². The molecule has 1 aromatic rings. The number of nitriles is 1. The quantitative estimate of drug-likeness (QED) is 0.709. The Labute approximate surface area is 88.2 Å². The molecule has 0 saturated carbocycles. The molecule has 1 rings (SSSR count). The van der Waals surface area contributed by atoms with Crippen molar-refractivity contribution in [3.63, 3.8) is 0 Å². The van der Waals surface area contributed by atoms with E-state index in [1.807, 2.05) is 12.1 Å². The smallest absolute Gasteiger partial charge is 0.325 e. The molecule has 78 valence electrons. The van der Waals surface area contributed by atoms with Gasteiger partial charge in [0.25, 0.3) is 0 Å². The number of nitrogens with zero attached hydrogens (tertiary/aromatic N) is 1. The minimum atomic E-state index is -0.931. The fourth-order valence-electron chi connectivity index (χ4n) is 1.27. The predicted octanol–water partition coefficient (Wildman–Crippen LogP) is 1.32. The largest absolute Gasteiger partial charge is 0.480 e. The average molecular weight is 204 g/mol. The summed E-state index contributed by atoms with van der Waals surface area (Å²) in [5.74, 6) is -0.931. The summed E-state index contributed by atoms with van der Waals surface area (Å²) >= 11 is 0. The van der Waals surface area contributed by atoms with Gasteiger partial charge in [-0.3, -0.25) is 10.1 Å². The van der Waals surface area contributed by atoms with E-state index in [-0.39, 0.29) is 0 Å². The van der Waals surface area contributed by atoms with Gasteiger partial charge in [0.15, 0.2) is 0 Å². The molecule has 0 fully saturated rings. The van der Waals surface area contributed by atoms with Crippen LogP contribution in [0.2, 0.25) is 0 Å². The second-order valence-electron chi connectivity index (χ2n) is 3.04. The van der Waals surface area contributed by atoms with E-state index in [0.29, 0.717) is 18.5 Å². The lowest BCUT2D eigenvalue weighted by Gasteiger charge is -2.13. The molecule has 0 heterocycles. The highest BCUT2D eigenvalue weighted by molar-refractivity contribution is 5.75. The van der Waals surface area contributed by atoms with Gasteiger partial charge in [-0.05, 0) is 5.56 Å². The molecule has 1 aromatic carbocycles. The van der Waals surface area contributed by atoms with E-state index in [1.54, 1.807) is 24.3 Å². The van der Waals surface area contributed by atoms with Crippen LogP contribution in [-0.2, 0) is 4.79 Å². The third-order valence-electron chi connectivity index (χ3n) is 1.97. The summed E-state index contributed by atoms with van der Waals surface area (Å²) in [5, 5.41) is 20.1. The Morgan fingerprint density at radius 3 is 2.67 bits per heavy atom. The van der Waals surface area contributed by atoms with Crippen LogP contribution in [0.4, 0.5) is 0 Å². The Bertz CT molecular complexity index is 357. The van der Waals surface area contributed by atoms with E-state index in [9.17, 15) is 4.79 Å². The number of carboxylic acid groups (broad SMARTS) is 1. The Hall–Kier alpha value is -1.86. The Kier molecular flexibility index (Phi) is 4.32. The summed E-state index contributed by atoms with van der Waals surface area (Å²) in [4.78, 5) is 10.9. The van der Waals surface area contributed by atoms with Gasteiger partial charge in [0.1, 0.15) is 6.04 Å². The van der Waals surface area contributed by atoms with Gasteiger partial charge in [0.05, 0.1) is 6.07 Å². The molecule has 0 spiro atoms. The van der Waals surface area contributed by atoms with Crippen molar-refractivity contribution in [3.05, 3.63) is 35.9 Å². The van der Waals surface area contributed by atoms with Crippen molar-refractivity contribution in [2.24, 2.45) is 0 Å². The average Bonchev–Trinajstić information content (AvgIpc) is 2.25. The van der Waals surface area contributed by atoms with Gasteiger partial charge >= 0.3 is 5.97 Å². The number of hydrogen-bond acceptors (Lipinski definition) is 3. The van der Waals surface area contributed by atoms with Gasteiger partial charge in [0.2, 0.25) is 0 Å². The highest BCUT2D eigenvalue weighted by Gasteiger charge is 2.17. The van der Waals surface area contributed by atoms with E-state index >= 15 is 0 Å². The summed E-state index contributed by atoms with van der Waals surface area (Å²) in [6.07, 6.45) is 0.302. The number of carbonyl (C=O) groups is 1. The first-order valence-electron chi connectivity index (χ1n) is 4.64. The maximum absolute atomic E-state index is 10.9. The molecule has 0 aromatic heterocycles. The number of hydrogen-bond donors (Lipinski definition) is 2. The first kappa shape index (κ1) is 11.2. The van der Waals surface area contributed by atoms with Gasteiger partial charge in [-0.25, -0.2) is 0 Å². The molecule has 15 heavy (non-hydrogen) atoms. The van der Waals surface area contributed by atoms with E-state index in [0.717, 1.165) is 0 Å². The second-order valence-corrected chi connectivity index (χ2v) is 3.04. The Morgan fingerprint density at radius 2 is 2.13 bits per heavy atom. The second kappa shape index (κ2) is 5.78. The van der Waals surface area contributed by atoms with Gasteiger partial charge in [0, 0.05) is 13.0 Å². The highest BCUT2D eigenvalue weighted by Crippen LogP contribution is 2.12. The van der Waals surface area contributed by atoms with Crippen LogP contribution < -0.4 is 5.32 Å². The molecule has 0 saturated heterocycles. The minimum absolute atomic E-state index is 0.302. The summed E-state index contributed by atoms with van der Waals surface area (Å²) < 4.78 is 0. The van der Waals surface area contributed by atoms with Gasteiger partial charge in [-0.2, -0.15) is 5.26 Å². The molecule has 1 unspecified atom stereocenters. The molecule has 0 aliphatic rings. The lowest BCUT2D eigenvalue weighted by atomic mass is 10.1. The van der Waals surface area contributed by atoms with Gasteiger partial charge in [-0.15, -0.1) is 0 Å². The van der Waals surface area contributed by atoms with Crippen LogP contribution in [0.25, 0.3) is 0 Å². The molecule has 0 radical (unpaired) electrons. The molecule has 0 aliphatic heterocycles. The van der Waals surface area contributed by atoms with Crippen molar-refractivity contribution in [3.8, 4) is 6.07 Å². The summed E-state index contributed by atoms with van der Waals surface area (Å²) in [5.41, 5.74) is 0.697. The molecule has 4 nitrogen and oxygen atoms in total. The molecule has 0 amide bonds. The third kappa shape index (κ3) is 3.41. The number of benzene rings is 1. The van der Waals surface area contributed by atoms with Crippen molar-refractivity contribution in [2.75, 3.05) is 6.54 Å². The zero-order chi connectivity index (χ0) is 11.1. The molecular weight excluding hydrogens is 192 g/mol. The standard InChI is InChI=1S/C11H12N2O2/c12-7-4-8-13-10(11(14)15)9-5-2-1-3-6-9/h1-3,5-6,10,13H,4,8H2,(H,14,15). The van der Waals surface area contributed by atoms with Crippen LogP contribution in [0, 0.1) is 11.3 Å². The number of aliphatic carboxylic acids is 1. The summed E-state index contributed by atoms with van der Waals surface area (Å²) in [6, 6.07) is 10.1. The number of rotatable bonds is 5. The first-order chi connectivity index (χ1) is 7.25. The Morgan fingerprint density at radius 1 is 1.47 bits per heavy atom. The highest BCUT2D eigenvalue weighted by atomic mass is 16.4. The normalized spacial score (nSPS) is 11.7. The van der Waals surface area contributed by atoms with Crippen LogP contribution in [0.15, 0.2) is 30.3 Å². The lowest BCUT2D eigenvalue weighted by Crippen LogP contribution is -2.29. The van der Waals surface area contributed by atoms with Crippen LogP contribution in [0.3, 0.4) is 0 Å². The van der Waals surface area contributed by atoms with Crippen LogP contribution in [0.1, 0.15) is 18.0 Å². The molecule has 0 aliphatic carbocycles. The summed E-state index contributed by atoms with van der Waals surface area (Å²) in [6.45, 7) is 0.377. The fourth-order valence-corrected chi connectivity index (χ4v) is 1.27. The Balaban J connectivity index is 2.67. The lowest BCUT2D eigenvalue weighted by molar-refractivity contribution is -0.139. The van der Waals surface area contributed by atoms with E-state index in [2.05, 4.69) is 5.32 Å². The molecular formula is C11H12N2O2. The van der Waals surface area contributed by atoms with Crippen molar-refractivity contribution >= 4 is 5.97 Å². The van der Waals surface area contributed by atoms with Crippen molar-refractivity contribution < 1.29 is 9.90 Å². The first-order valence-corrected chi connectivity index (χ1v) is 4.64. The van der Waals surface area contributed by atoms with Gasteiger partial charge in [-0.1, -0.05) is 30.3 Å². The van der Waals surface area contributed by atoms with Crippen LogP contribution >= 0.6 is 0 Å². The molecule has 0 bridgehead atoms. The zero-order valence-corrected chi connectivity index (χ0v) is 8.18. The molecule has 4 heteroatoms. The van der Waals surface area contributed by atoms with E-state index in [1.165, 1.54) is 0 Å². The maximum atomic E-state index is 10.9. The van der Waals surface area contributed by atoms with E-state index in [4.69, 9.17) is 10.4 Å². The number of nitrogens with one attached hydrogen (secondary N) is 1. The molecule has 1 atom stereocenters. The van der Waals surface area contributed by atoms with Crippen LogP contribution in [0.5, 0.6) is 0 Å². The van der Waals surface area contributed by atoms with Crippen molar-refractivity contribution in [1.29, 1.82) is 5.26 Å². The minimum Gasteiger partial charge on any atom is -0.480 e. The maximum Gasteiger partial charge on any atom is 0.325 e. The SMILES string of the molecule is N#CCCNC(C(=O)O)c1ccccc1. The number of carboxylic acids is 1. The zero-order valence-electron chi connectivity index (χ0n) is 8.18. The monoisotopic (exact) mass is 204 g/mol. The van der Waals surface area contributed by atoms with Crippen LogP contribution in [-0.4, -0.2) is 17.6 Å². The van der Waals surface area contributed by atoms with E-state index < -0.39 is 12.0 Å². The third-order valence-corrected chi connectivity index (χ3v) is 1.97. The fraction of sp³-hybridized carbons (Fsp3) is 0.273. The predicted molar refractivity (Wildman–Crippen MR) is 55.1 cm³/mol. The summed E-state index contributed by atoms with van der Waals surface area (Å²) in [7, 11) is 0. The molecule has 2 N–H and O–H groups in total.